The molecule has 0 fully saturated rings. The van der Waals surface area contributed by atoms with E-state index in [0.717, 1.165) is 0 Å². The van der Waals surface area contributed by atoms with Crippen LogP contribution in [-0.4, -0.2) is 56.6 Å². The van der Waals surface area contributed by atoms with Gasteiger partial charge in [-0.15, -0.1) is 0 Å². The molecule has 1 aliphatic rings. The fraction of sp³-hybridized carbons (Fsp3) is 0.625. The maximum atomic E-state index is 12.4. The minimum absolute atomic E-state index is 0.0589. The first-order chi connectivity index (χ1) is 11.1. The van der Waals surface area contributed by atoms with Crippen molar-refractivity contribution in [2.75, 3.05) is 27.0 Å². The number of fused-ring (bicyclic) bond motifs is 1. The van der Waals surface area contributed by atoms with Crippen LogP contribution in [0.3, 0.4) is 0 Å². The molecule has 0 radical (unpaired) electrons. The largest absolute Gasteiger partial charge is 0.493 e. The molecule has 1 aliphatic heterocycles. The summed E-state index contributed by atoms with van der Waals surface area (Å²) in [4.78, 5) is 0. The number of aliphatic hydroxyl groups excluding tert-OH is 1. The Kier molecular flexibility index (Phi) is 5.03. The van der Waals surface area contributed by atoms with Crippen molar-refractivity contribution in [3.8, 4) is 17.2 Å². The van der Waals surface area contributed by atoms with Gasteiger partial charge in [-0.3, -0.25) is 0 Å². The van der Waals surface area contributed by atoms with Crippen LogP contribution in [-0.2, 0) is 10.0 Å². The third-order valence-electron chi connectivity index (χ3n) is 4.41. The summed E-state index contributed by atoms with van der Waals surface area (Å²) in [5.74, 6) is 1.32. The summed E-state index contributed by atoms with van der Waals surface area (Å²) >= 11 is 0. The molecule has 0 aromatic heterocycles. The van der Waals surface area contributed by atoms with E-state index in [-0.39, 0.29) is 5.75 Å². The number of benzene rings is 1. The van der Waals surface area contributed by atoms with Crippen molar-refractivity contribution in [2.24, 2.45) is 0 Å². The van der Waals surface area contributed by atoms with Gasteiger partial charge in [-0.1, -0.05) is 0 Å². The van der Waals surface area contributed by atoms with Crippen LogP contribution in [0.2, 0.25) is 0 Å². The Morgan fingerprint density at radius 1 is 1.25 bits per heavy atom. The van der Waals surface area contributed by atoms with Gasteiger partial charge >= 0.3 is 0 Å². The first-order valence-corrected chi connectivity index (χ1v) is 9.28. The Balaban J connectivity index is 2.67. The summed E-state index contributed by atoms with van der Waals surface area (Å²) in [6, 6.07) is 2.52. The molecule has 8 heteroatoms. The number of methoxy groups -OCH3 is 2. The van der Waals surface area contributed by atoms with Crippen LogP contribution in [0.4, 0.5) is 0 Å². The van der Waals surface area contributed by atoms with Gasteiger partial charge in [0.2, 0.25) is 10.0 Å². The van der Waals surface area contributed by atoms with Crippen molar-refractivity contribution >= 4 is 10.0 Å². The zero-order valence-electron chi connectivity index (χ0n) is 14.9. The molecule has 24 heavy (non-hydrogen) atoms. The molecule has 0 amide bonds. The third-order valence-corrected chi connectivity index (χ3v) is 6.25. The Bertz CT molecular complexity index is 716. The van der Waals surface area contributed by atoms with Crippen molar-refractivity contribution in [3.63, 3.8) is 0 Å². The Hall–Kier alpha value is -1.51. The van der Waals surface area contributed by atoms with Crippen molar-refractivity contribution in [1.82, 2.24) is 4.31 Å². The summed E-state index contributed by atoms with van der Waals surface area (Å²) in [7, 11) is 0.962. The molecule has 7 nitrogen and oxygen atoms in total. The van der Waals surface area contributed by atoms with Crippen LogP contribution in [0.15, 0.2) is 12.1 Å². The zero-order chi connectivity index (χ0) is 18.3. The van der Waals surface area contributed by atoms with Crippen LogP contribution >= 0.6 is 0 Å². The summed E-state index contributed by atoms with van der Waals surface area (Å²) in [6.45, 7) is 5.01. The van der Waals surface area contributed by atoms with E-state index in [1.807, 2.05) is 0 Å². The van der Waals surface area contributed by atoms with E-state index in [9.17, 15) is 13.5 Å². The van der Waals surface area contributed by atoms with Gasteiger partial charge in [0, 0.05) is 18.7 Å². The highest BCUT2D eigenvalue weighted by molar-refractivity contribution is 7.89. The highest BCUT2D eigenvalue weighted by Gasteiger charge is 2.47. The molecule has 136 valence electrons. The molecule has 1 aromatic rings. The zero-order valence-corrected chi connectivity index (χ0v) is 15.7. The van der Waals surface area contributed by atoms with Gasteiger partial charge < -0.3 is 19.3 Å². The van der Waals surface area contributed by atoms with Crippen LogP contribution in [0, 0.1) is 0 Å². The van der Waals surface area contributed by atoms with E-state index in [0.29, 0.717) is 22.8 Å². The number of likely N-dealkylation sites (N-methyl/N-ethyl adjacent to an activating group) is 1. The molecule has 0 aliphatic carbocycles. The van der Waals surface area contributed by atoms with Crippen molar-refractivity contribution < 1.29 is 27.7 Å². The van der Waals surface area contributed by atoms with Crippen molar-refractivity contribution in [2.45, 2.75) is 38.5 Å². The molecule has 0 saturated carbocycles. The molecule has 2 unspecified atom stereocenters. The SMILES string of the molecule is CCS(=O)(=O)N(C)C1c2cc(OC)c(OC)cc2OC(C)(C)C1O. The van der Waals surface area contributed by atoms with Crippen molar-refractivity contribution in [1.29, 1.82) is 0 Å². The lowest BCUT2D eigenvalue weighted by atomic mass is 9.86. The minimum atomic E-state index is -3.51. The highest BCUT2D eigenvalue weighted by atomic mass is 32.2. The topological polar surface area (TPSA) is 85.3 Å². The number of nitrogens with zero attached hydrogens (tertiary/aromatic N) is 1. The second-order valence-electron chi connectivity index (χ2n) is 6.26. The van der Waals surface area contributed by atoms with Gasteiger partial charge in [-0.2, -0.15) is 4.31 Å². The average Bonchev–Trinajstić information content (AvgIpc) is 2.54. The molecule has 1 aromatic carbocycles. The monoisotopic (exact) mass is 359 g/mol. The van der Waals surface area contributed by atoms with Gasteiger partial charge in [-0.25, -0.2) is 8.42 Å². The number of sulfonamides is 1. The van der Waals surface area contributed by atoms with E-state index in [1.165, 1.54) is 25.6 Å². The molecule has 0 saturated heterocycles. The van der Waals surface area contributed by atoms with E-state index in [2.05, 4.69) is 0 Å². The molecule has 0 spiro atoms. The summed E-state index contributed by atoms with van der Waals surface area (Å²) in [5.41, 5.74) is -0.423. The van der Waals surface area contributed by atoms with Crippen LogP contribution < -0.4 is 14.2 Å². The maximum Gasteiger partial charge on any atom is 0.214 e. The lowest BCUT2D eigenvalue weighted by molar-refractivity contribution is -0.0765. The summed E-state index contributed by atoms with van der Waals surface area (Å²) < 4.78 is 42.4. The van der Waals surface area contributed by atoms with Gasteiger partial charge in [0.1, 0.15) is 17.5 Å². The normalized spacial score (nSPS) is 22.7. The number of hydrogen-bond donors (Lipinski definition) is 1. The predicted octanol–water partition coefficient (Wildman–Crippen LogP) is 1.56. The van der Waals surface area contributed by atoms with Crippen LogP contribution in [0.5, 0.6) is 17.2 Å². The maximum absolute atomic E-state index is 12.4. The molecule has 2 rings (SSSR count). The summed E-state index contributed by atoms with van der Waals surface area (Å²) in [6.07, 6.45) is -1.05. The molecule has 0 bridgehead atoms. The minimum Gasteiger partial charge on any atom is -0.493 e. The van der Waals surface area contributed by atoms with Gasteiger partial charge in [0.15, 0.2) is 11.5 Å². The fourth-order valence-electron chi connectivity index (χ4n) is 2.86. The van der Waals surface area contributed by atoms with Gasteiger partial charge in [-0.05, 0) is 26.8 Å². The average molecular weight is 359 g/mol. The van der Waals surface area contributed by atoms with Crippen LogP contribution in [0.1, 0.15) is 32.4 Å². The number of ether oxygens (including phenoxy) is 3. The molecule has 1 N–H and O–H groups in total. The highest BCUT2D eigenvalue weighted by Crippen LogP contribution is 2.47. The Morgan fingerprint density at radius 3 is 2.29 bits per heavy atom. The molecule has 1 heterocycles. The van der Waals surface area contributed by atoms with Gasteiger partial charge in [0.25, 0.3) is 0 Å². The standard InChI is InChI=1S/C16H25NO6S/c1-7-24(19,20)17(4)14-10-8-12(21-5)13(22-6)9-11(10)23-16(2,3)15(14)18/h8-9,14-15,18H,7H2,1-6H3. The number of rotatable bonds is 5. The predicted molar refractivity (Wildman–Crippen MR) is 90.2 cm³/mol. The third kappa shape index (κ3) is 3.05. The molecular formula is C16H25NO6S. The number of hydrogen-bond acceptors (Lipinski definition) is 6. The first-order valence-electron chi connectivity index (χ1n) is 7.67. The lowest BCUT2D eigenvalue weighted by Gasteiger charge is -2.44. The van der Waals surface area contributed by atoms with E-state index in [4.69, 9.17) is 14.2 Å². The smallest absolute Gasteiger partial charge is 0.214 e. The Morgan fingerprint density at radius 2 is 1.79 bits per heavy atom. The summed E-state index contributed by atoms with van der Waals surface area (Å²) in [5, 5.41) is 10.8. The van der Waals surface area contributed by atoms with E-state index in [1.54, 1.807) is 32.9 Å². The molecule has 2 atom stereocenters. The quantitative estimate of drug-likeness (QED) is 0.859. The fourth-order valence-corrected chi connectivity index (χ4v) is 3.84. The Labute approximate surface area is 143 Å². The second-order valence-corrected chi connectivity index (χ2v) is 8.57. The van der Waals surface area contributed by atoms with Crippen molar-refractivity contribution in [3.05, 3.63) is 17.7 Å². The second kappa shape index (κ2) is 6.42. The van der Waals surface area contributed by atoms with E-state index < -0.39 is 27.8 Å². The van der Waals surface area contributed by atoms with Gasteiger partial charge in [0.05, 0.1) is 26.0 Å². The molecular weight excluding hydrogens is 334 g/mol. The number of aliphatic hydroxyl groups is 1. The first kappa shape index (κ1) is 18.8. The lowest BCUT2D eigenvalue weighted by Crippen LogP contribution is -2.54. The van der Waals surface area contributed by atoms with E-state index >= 15 is 0 Å². The van der Waals surface area contributed by atoms with Crippen LogP contribution in [0.25, 0.3) is 0 Å².